The number of benzene rings is 2. The van der Waals surface area contributed by atoms with Crippen LogP contribution in [0.1, 0.15) is 32.7 Å². The van der Waals surface area contributed by atoms with Crippen molar-refractivity contribution in [2.45, 2.75) is 23.6 Å². The number of pyridine rings is 1. The summed E-state index contributed by atoms with van der Waals surface area (Å²) in [5, 5.41) is 23.4. The van der Waals surface area contributed by atoms with Crippen molar-refractivity contribution in [2.24, 2.45) is 5.10 Å². The van der Waals surface area contributed by atoms with Crippen molar-refractivity contribution in [3.05, 3.63) is 82.7 Å². The summed E-state index contributed by atoms with van der Waals surface area (Å²) in [7, 11) is 0. The molecule has 9 heteroatoms. The first-order chi connectivity index (χ1) is 15.5. The van der Waals surface area contributed by atoms with Crippen LogP contribution in [-0.4, -0.2) is 32.3 Å². The first-order valence-corrected chi connectivity index (χ1v) is 11.5. The fourth-order valence-electron chi connectivity index (χ4n) is 2.95. The van der Waals surface area contributed by atoms with Crippen LogP contribution in [-0.2, 0) is 12.4 Å². The van der Waals surface area contributed by atoms with Gasteiger partial charge in [0.1, 0.15) is 5.75 Å². The van der Waals surface area contributed by atoms with Crippen LogP contribution in [0.3, 0.4) is 0 Å². The number of aryl methyl sites for hydroxylation is 1. The number of aromatic nitrogens is 2. The van der Waals surface area contributed by atoms with Gasteiger partial charge in [-0.25, -0.2) is 10.4 Å². The predicted octanol–water partition coefficient (Wildman–Crippen LogP) is 4.25. The van der Waals surface area contributed by atoms with E-state index in [2.05, 4.69) is 26.6 Å². The number of thioether (sulfide) groups is 1. The number of aliphatic hydroxyl groups excluding tert-OH is 1. The SMILES string of the molecule is Cc1ncc(CO)c(/C=N/NC(=O)c2ccc(CSc3nc4ccccc4s3)cc2)c1O. The summed E-state index contributed by atoms with van der Waals surface area (Å²) >= 11 is 3.34. The van der Waals surface area contributed by atoms with Gasteiger partial charge in [0.25, 0.3) is 5.91 Å². The van der Waals surface area contributed by atoms with Crippen LogP contribution >= 0.6 is 23.1 Å². The zero-order valence-electron chi connectivity index (χ0n) is 17.1. The van der Waals surface area contributed by atoms with Crippen molar-refractivity contribution >= 4 is 45.4 Å². The molecule has 2 aromatic carbocycles. The maximum absolute atomic E-state index is 12.4. The zero-order valence-corrected chi connectivity index (χ0v) is 18.8. The standard InChI is InChI=1S/C23H20N4O3S2/c1-14-21(29)18(17(12-28)10-24-14)11-25-27-22(30)16-8-6-15(7-9-16)13-31-23-26-19-4-2-3-5-20(19)32-23/h2-11,28-29H,12-13H2,1H3,(H,27,30)/b25-11+. The molecule has 0 aliphatic heterocycles. The molecule has 0 fully saturated rings. The number of carbonyl (C=O) groups is 1. The van der Waals surface area contributed by atoms with Gasteiger partial charge < -0.3 is 10.2 Å². The van der Waals surface area contributed by atoms with Gasteiger partial charge in [-0.2, -0.15) is 5.10 Å². The molecule has 0 bridgehead atoms. The number of aliphatic hydroxyl groups is 1. The molecule has 0 aliphatic carbocycles. The minimum atomic E-state index is -0.373. The summed E-state index contributed by atoms with van der Waals surface area (Å²) in [5.74, 6) is 0.303. The van der Waals surface area contributed by atoms with Crippen LogP contribution in [0.2, 0.25) is 0 Å². The van der Waals surface area contributed by atoms with E-state index in [1.807, 2.05) is 30.3 Å². The van der Waals surface area contributed by atoms with Gasteiger partial charge in [0.2, 0.25) is 0 Å². The second-order valence-corrected chi connectivity index (χ2v) is 9.17. The van der Waals surface area contributed by atoms with Gasteiger partial charge in [-0.05, 0) is 36.8 Å². The summed E-state index contributed by atoms with van der Waals surface area (Å²) in [6.45, 7) is 1.34. The largest absolute Gasteiger partial charge is 0.505 e. The Labute approximate surface area is 192 Å². The van der Waals surface area contributed by atoms with E-state index in [4.69, 9.17) is 0 Å². The Morgan fingerprint density at radius 2 is 2.00 bits per heavy atom. The summed E-state index contributed by atoms with van der Waals surface area (Å²) in [6.07, 6.45) is 2.76. The van der Waals surface area contributed by atoms with Crippen molar-refractivity contribution in [3.63, 3.8) is 0 Å². The normalized spacial score (nSPS) is 11.3. The Balaban J connectivity index is 1.36. The number of aromatic hydroxyl groups is 1. The Bertz CT molecular complexity index is 1250. The fourth-order valence-corrected chi connectivity index (χ4v) is 4.98. The van der Waals surface area contributed by atoms with E-state index >= 15 is 0 Å². The van der Waals surface area contributed by atoms with Gasteiger partial charge in [0.15, 0.2) is 4.34 Å². The van der Waals surface area contributed by atoms with E-state index < -0.39 is 0 Å². The van der Waals surface area contributed by atoms with E-state index in [-0.39, 0.29) is 18.3 Å². The van der Waals surface area contributed by atoms with E-state index in [0.717, 1.165) is 21.2 Å². The lowest BCUT2D eigenvalue weighted by Gasteiger charge is -2.07. The maximum Gasteiger partial charge on any atom is 0.271 e. The predicted molar refractivity (Wildman–Crippen MR) is 127 cm³/mol. The number of rotatable bonds is 7. The van der Waals surface area contributed by atoms with Gasteiger partial charge >= 0.3 is 0 Å². The average Bonchev–Trinajstić information content (AvgIpc) is 3.24. The number of hydrogen-bond donors (Lipinski definition) is 3. The third-order valence-corrected chi connectivity index (χ3v) is 6.99. The Morgan fingerprint density at radius 1 is 1.22 bits per heavy atom. The van der Waals surface area contributed by atoms with E-state index in [9.17, 15) is 15.0 Å². The molecule has 2 aromatic heterocycles. The molecule has 4 aromatic rings. The van der Waals surface area contributed by atoms with Crippen molar-refractivity contribution in [1.29, 1.82) is 0 Å². The number of hydrazone groups is 1. The van der Waals surface area contributed by atoms with E-state index in [1.165, 1.54) is 17.1 Å². The van der Waals surface area contributed by atoms with Crippen LogP contribution in [0.15, 0.2) is 64.2 Å². The third kappa shape index (κ3) is 4.96. The number of amides is 1. The summed E-state index contributed by atoms with van der Waals surface area (Å²) in [6, 6.07) is 15.4. The van der Waals surface area contributed by atoms with Crippen LogP contribution < -0.4 is 5.43 Å². The van der Waals surface area contributed by atoms with Crippen LogP contribution in [0.4, 0.5) is 0 Å². The molecule has 0 aliphatic rings. The maximum atomic E-state index is 12.4. The lowest BCUT2D eigenvalue weighted by atomic mass is 10.1. The van der Waals surface area contributed by atoms with Crippen LogP contribution in [0.5, 0.6) is 5.75 Å². The molecule has 0 saturated carbocycles. The van der Waals surface area contributed by atoms with Gasteiger partial charge in [0, 0.05) is 28.6 Å². The number of nitrogens with one attached hydrogen (secondary N) is 1. The first kappa shape index (κ1) is 21.9. The second kappa shape index (κ2) is 9.90. The monoisotopic (exact) mass is 464 g/mol. The number of hydrogen-bond acceptors (Lipinski definition) is 8. The number of para-hydroxylation sites is 1. The molecule has 3 N–H and O–H groups in total. The number of carbonyl (C=O) groups excluding carboxylic acids is 1. The van der Waals surface area contributed by atoms with Crippen LogP contribution in [0.25, 0.3) is 10.2 Å². The van der Waals surface area contributed by atoms with Gasteiger partial charge in [-0.3, -0.25) is 9.78 Å². The first-order valence-electron chi connectivity index (χ1n) is 9.74. The zero-order chi connectivity index (χ0) is 22.5. The molecular formula is C23H20N4O3S2. The lowest BCUT2D eigenvalue weighted by molar-refractivity contribution is 0.0955. The molecule has 0 atom stereocenters. The minimum Gasteiger partial charge on any atom is -0.505 e. The highest BCUT2D eigenvalue weighted by Gasteiger charge is 2.10. The third-order valence-electron chi connectivity index (χ3n) is 4.74. The quantitative estimate of drug-likeness (QED) is 0.214. The molecule has 0 saturated heterocycles. The topological polar surface area (TPSA) is 108 Å². The average molecular weight is 465 g/mol. The molecule has 0 unspecified atom stereocenters. The van der Waals surface area contributed by atoms with Gasteiger partial charge in [-0.1, -0.05) is 36.0 Å². The highest BCUT2D eigenvalue weighted by molar-refractivity contribution is 8.00. The van der Waals surface area contributed by atoms with Crippen molar-refractivity contribution < 1.29 is 15.0 Å². The van der Waals surface area contributed by atoms with Crippen molar-refractivity contribution in [2.75, 3.05) is 0 Å². The number of fused-ring (bicyclic) bond motifs is 1. The molecule has 7 nitrogen and oxygen atoms in total. The molecule has 162 valence electrons. The van der Waals surface area contributed by atoms with Crippen molar-refractivity contribution in [1.82, 2.24) is 15.4 Å². The summed E-state index contributed by atoms with van der Waals surface area (Å²) in [5.41, 5.74) is 6.15. The molecule has 1 amide bonds. The molecule has 0 spiro atoms. The van der Waals surface area contributed by atoms with E-state index in [1.54, 1.807) is 42.2 Å². The lowest BCUT2D eigenvalue weighted by Crippen LogP contribution is -2.17. The summed E-state index contributed by atoms with van der Waals surface area (Å²) < 4.78 is 2.18. The Morgan fingerprint density at radius 3 is 2.75 bits per heavy atom. The molecular weight excluding hydrogens is 444 g/mol. The van der Waals surface area contributed by atoms with Gasteiger partial charge in [-0.15, -0.1) is 11.3 Å². The molecule has 0 radical (unpaired) electrons. The van der Waals surface area contributed by atoms with Gasteiger partial charge in [0.05, 0.1) is 28.7 Å². The minimum absolute atomic E-state index is 0.0791. The Kier molecular flexibility index (Phi) is 6.79. The van der Waals surface area contributed by atoms with Crippen LogP contribution in [0, 0.1) is 6.92 Å². The van der Waals surface area contributed by atoms with E-state index in [0.29, 0.717) is 22.4 Å². The highest BCUT2D eigenvalue weighted by Crippen LogP contribution is 2.31. The molecule has 2 heterocycles. The van der Waals surface area contributed by atoms with Crippen molar-refractivity contribution in [3.8, 4) is 5.75 Å². The fraction of sp³-hybridized carbons (Fsp3) is 0.130. The summed E-state index contributed by atoms with van der Waals surface area (Å²) in [4.78, 5) is 21.0. The second-order valence-electron chi connectivity index (χ2n) is 6.92. The highest BCUT2D eigenvalue weighted by atomic mass is 32.2. The number of nitrogens with zero attached hydrogens (tertiary/aromatic N) is 3. The molecule has 4 rings (SSSR count). The Hall–Kier alpha value is -3.27. The number of thiazole rings is 1. The molecule has 32 heavy (non-hydrogen) atoms. The smallest absolute Gasteiger partial charge is 0.271 e.